The van der Waals surface area contributed by atoms with Crippen molar-refractivity contribution in [2.75, 3.05) is 13.2 Å². The van der Waals surface area contributed by atoms with Gasteiger partial charge in [-0.25, -0.2) is 9.59 Å². The maximum absolute atomic E-state index is 12.0. The van der Waals surface area contributed by atoms with E-state index >= 15 is 0 Å². The minimum Gasteiger partial charge on any atom is -0.463 e. The third-order valence-corrected chi connectivity index (χ3v) is 5.28. The highest BCUT2D eigenvalue weighted by atomic mass is 16.6. The molecule has 0 aliphatic carbocycles. The zero-order valence-electron chi connectivity index (χ0n) is 19.8. The second kappa shape index (κ2) is 19.6. The highest BCUT2D eigenvalue weighted by Crippen LogP contribution is 2.17. The van der Waals surface area contributed by atoms with Crippen LogP contribution < -0.4 is 0 Å². The van der Waals surface area contributed by atoms with E-state index in [1.54, 1.807) is 19.9 Å². The lowest BCUT2D eigenvalue weighted by Gasteiger charge is -2.22. The predicted octanol–water partition coefficient (Wildman–Crippen LogP) is 6.27. The molecule has 0 bridgehead atoms. The van der Waals surface area contributed by atoms with Crippen molar-refractivity contribution in [2.45, 2.75) is 123 Å². The van der Waals surface area contributed by atoms with Crippen LogP contribution in [0, 0.1) is 0 Å². The van der Waals surface area contributed by atoms with Crippen molar-refractivity contribution in [1.29, 1.82) is 0 Å². The molecule has 0 aliphatic rings. The highest BCUT2D eigenvalue weighted by Gasteiger charge is 2.46. The first-order valence-electron chi connectivity index (χ1n) is 12.2. The zero-order valence-corrected chi connectivity index (χ0v) is 19.8. The highest BCUT2D eigenvalue weighted by molar-refractivity contribution is 6.03. The quantitative estimate of drug-likeness (QED) is 0.107. The monoisotopic (exact) mass is 426 g/mol. The number of carbonyl (C=O) groups excluding carboxylic acids is 2. The van der Waals surface area contributed by atoms with Crippen LogP contribution in [0.1, 0.15) is 117 Å². The number of ether oxygens (including phenoxy) is 2. The van der Waals surface area contributed by atoms with Crippen molar-refractivity contribution in [1.82, 2.24) is 0 Å². The Labute approximate surface area is 184 Å². The lowest BCUT2D eigenvalue weighted by Crippen LogP contribution is -2.48. The third-order valence-electron chi connectivity index (χ3n) is 5.28. The first-order chi connectivity index (χ1) is 14.5. The van der Waals surface area contributed by atoms with Gasteiger partial charge in [0.2, 0.25) is 0 Å². The SMILES string of the molecule is CCCCCCCCCCCCCCCC=CCC(O)(C(=O)OCC)C(=O)OCC. The standard InChI is InChI=1S/C25H46O5/c1-4-7-8-9-10-11-12-13-14-15-16-17-18-19-20-21-22-25(28,23(26)29-5-2)24(27)30-6-3/h20-21,28H,4-19,22H2,1-3H3. The Morgan fingerprint density at radius 2 is 1.07 bits per heavy atom. The van der Waals surface area contributed by atoms with E-state index < -0.39 is 17.5 Å². The van der Waals surface area contributed by atoms with Crippen LogP contribution in [-0.2, 0) is 19.1 Å². The van der Waals surface area contributed by atoms with E-state index in [-0.39, 0.29) is 19.6 Å². The Bertz CT molecular complexity index is 440. The molecule has 0 aromatic rings. The van der Waals surface area contributed by atoms with Gasteiger partial charge < -0.3 is 14.6 Å². The van der Waals surface area contributed by atoms with Crippen molar-refractivity contribution >= 4 is 11.9 Å². The third kappa shape index (κ3) is 13.8. The van der Waals surface area contributed by atoms with Crippen molar-refractivity contribution < 1.29 is 24.2 Å². The number of carbonyl (C=O) groups is 2. The lowest BCUT2D eigenvalue weighted by molar-refractivity contribution is -0.182. The molecule has 0 fully saturated rings. The molecule has 5 heteroatoms. The minimum absolute atomic E-state index is 0.100. The van der Waals surface area contributed by atoms with Crippen LogP contribution in [0.15, 0.2) is 12.2 Å². The number of rotatable bonds is 20. The molecular formula is C25H46O5. The van der Waals surface area contributed by atoms with Gasteiger partial charge in [0, 0.05) is 6.42 Å². The number of unbranched alkanes of at least 4 members (excludes halogenated alkanes) is 13. The second-order valence-electron chi connectivity index (χ2n) is 8.01. The van der Waals surface area contributed by atoms with Crippen LogP contribution in [0.4, 0.5) is 0 Å². The molecule has 0 aromatic heterocycles. The van der Waals surface area contributed by atoms with Gasteiger partial charge in [-0.05, 0) is 26.7 Å². The van der Waals surface area contributed by atoms with E-state index in [4.69, 9.17) is 9.47 Å². The molecule has 0 amide bonds. The molecule has 0 aliphatic heterocycles. The number of hydrogen-bond donors (Lipinski definition) is 1. The summed E-state index contributed by atoms with van der Waals surface area (Å²) in [4.78, 5) is 23.9. The Hall–Kier alpha value is -1.36. The minimum atomic E-state index is -2.25. The summed E-state index contributed by atoms with van der Waals surface area (Å²) in [5, 5.41) is 10.4. The van der Waals surface area contributed by atoms with Crippen molar-refractivity contribution in [3.05, 3.63) is 12.2 Å². The first-order valence-corrected chi connectivity index (χ1v) is 12.2. The van der Waals surface area contributed by atoms with Crippen LogP contribution in [0.5, 0.6) is 0 Å². The summed E-state index contributed by atoms with van der Waals surface area (Å²) in [6.45, 7) is 5.72. The van der Waals surface area contributed by atoms with Crippen LogP contribution in [0.2, 0.25) is 0 Å². The largest absolute Gasteiger partial charge is 0.463 e. The van der Waals surface area contributed by atoms with E-state index in [9.17, 15) is 14.7 Å². The normalized spacial score (nSPS) is 11.7. The zero-order chi connectivity index (χ0) is 22.5. The van der Waals surface area contributed by atoms with E-state index in [2.05, 4.69) is 6.92 Å². The van der Waals surface area contributed by atoms with Gasteiger partial charge in [-0.1, -0.05) is 96.1 Å². The van der Waals surface area contributed by atoms with Crippen LogP contribution in [0.25, 0.3) is 0 Å². The summed E-state index contributed by atoms with van der Waals surface area (Å²) in [6, 6.07) is 0. The Morgan fingerprint density at radius 3 is 1.47 bits per heavy atom. The van der Waals surface area contributed by atoms with Crippen molar-refractivity contribution in [3.63, 3.8) is 0 Å². The molecule has 5 nitrogen and oxygen atoms in total. The van der Waals surface area contributed by atoms with E-state index in [1.807, 2.05) is 6.08 Å². The molecule has 1 N–H and O–H groups in total. The van der Waals surface area contributed by atoms with Gasteiger partial charge in [0.25, 0.3) is 5.60 Å². The van der Waals surface area contributed by atoms with Crippen molar-refractivity contribution in [3.8, 4) is 0 Å². The predicted molar refractivity (Wildman–Crippen MR) is 122 cm³/mol. The smallest absolute Gasteiger partial charge is 0.350 e. The van der Waals surface area contributed by atoms with E-state index in [0.29, 0.717) is 0 Å². The number of hydrogen-bond acceptors (Lipinski definition) is 5. The molecule has 0 heterocycles. The summed E-state index contributed by atoms with van der Waals surface area (Å²) in [6.07, 6.45) is 21.5. The number of esters is 2. The van der Waals surface area contributed by atoms with Crippen LogP contribution >= 0.6 is 0 Å². The molecule has 0 saturated heterocycles. The maximum Gasteiger partial charge on any atom is 0.350 e. The van der Waals surface area contributed by atoms with Crippen LogP contribution in [0.3, 0.4) is 0 Å². The molecule has 176 valence electrons. The fraction of sp³-hybridized carbons (Fsp3) is 0.840. The fourth-order valence-electron chi connectivity index (χ4n) is 3.40. The molecular weight excluding hydrogens is 380 g/mol. The molecule has 0 unspecified atom stereocenters. The molecule has 0 saturated carbocycles. The Morgan fingerprint density at radius 1 is 0.667 bits per heavy atom. The van der Waals surface area contributed by atoms with Gasteiger partial charge >= 0.3 is 11.9 Å². The summed E-state index contributed by atoms with van der Waals surface area (Å²) in [5.41, 5.74) is -2.25. The number of aliphatic hydroxyl groups is 1. The summed E-state index contributed by atoms with van der Waals surface area (Å²) in [7, 11) is 0. The summed E-state index contributed by atoms with van der Waals surface area (Å²) >= 11 is 0. The molecule has 30 heavy (non-hydrogen) atoms. The van der Waals surface area contributed by atoms with Gasteiger partial charge in [-0.15, -0.1) is 0 Å². The molecule has 0 atom stereocenters. The van der Waals surface area contributed by atoms with Crippen LogP contribution in [-0.4, -0.2) is 35.9 Å². The number of allylic oxidation sites excluding steroid dienone is 1. The Kier molecular flexibility index (Phi) is 18.7. The fourth-order valence-corrected chi connectivity index (χ4v) is 3.40. The van der Waals surface area contributed by atoms with Crippen molar-refractivity contribution in [2.24, 2.45) is 0 Å². The maximum atomic E-state index is 12.0. The topological polar surface area (TPSA) is 72.8 Å². The second-order valence-corrected chi connectivity index (χ2v) is 8.01. The molecule has 0 spiro atoms. The first kappa shape index (κ1) is 28.6. The summed E-state index contributed by atoms with van der Waals surface area (Å²) in [5.74, 6) is -1.90. The van der Waals surface area contributed by atoms with E-state index in [1.165, 1.54) is 77.0 Å². The lowest BCUT2D eigenvalue weighted by atomic mass is 9.99. The van der Waals surface area contributed by atoms with Gasteiger partial charge in [-0.2, -0.15) is 0 Å². The van der Waals surface area contributed by atoms with Gasteiger partial charge in [0.15, 0.2) is 0 Å². The molecule has 0 radical (unpaired) electrons. The van der Waals surface area contributed by atoms with Gasteiger partial charge in [-0.3, -0.25) is 0 Å². The molecule has 0 aromatic carbocycles. The summed E-state index contributed by atoms with van der Waals surface area (Å²) < 4.78 is 9.66. The average Bonchev–Trinajstić information content (AvgIpc) is 2.73. The molecule has 0 rings (SSSR count). The van der Waals surface area contributed by atoms with Gasteiger partial charge in [0.1, 0.15) is 0 Å². The average molecular weight is 427 g/mol. The van der Waals surface area contributed by atoms with Gasteiger partial charge in [0.05, 0.1) is 13.2 Å². The van der Waals surface area contributed by atoms with E-state index in [0.717, 1.165) is 12.8 Å². The Balaban J connectivity index is 3.81.